The van der Waals surface area contributed by atoms with Gasteiger partial charge in [0, 0.05) is 5.69 Å². The van der Waals surface area contributed by atoms with Gasteiger partial charge in [-0.25, -0.2) is 4.90 Å². The van der Waals surface area contributed by atoms with Crippen LogP contribution in [-0.4, -0.2) is 48.0 Å². The first-order chi connectivity index (χ1) is 14.5. The van der Waals surface area contributed by atoms with Crippen molar-refractivity contribution >= 4 is 29.1 Å². The van der Waals surface area contributed by atoms with Crippen molar-refractivity contribution in [2.75, 3.05) is 23.4 Å². The molecule has 1 fully saturated rings. The van der Waals surface area contributed by atoms with Crippen molar-refractivity contribution in [2.45, 2.75) is 25.9 Å². The van der Waals surface area contributed by atoms with Crippen LogP contribution in [0.5, 0.6) is 5.75 Å². The molecule has 2 aliphatic heterocycles. The van der Waals surface area contributed by atoms with Gasteiger partial charge in [0.1, 0.15) is 12.3 Å². The molecule has 0 bridgehead atoms. The molecule has 0 unspecified atom stereocenters. The third-order valence-corrected chi connectivity index (χ3v) is 4.90. The van der Waals surface area contributed by atoms with Crippen LogP contribution >= 0.6 is 0 Å². The summed E-state index contributed by atoms with van der Waals surface area (Å²) in [6.07, 6.45) is 0. The van der Waals surface area contributed by atoms with E-state index in [0.717, 1.165) is 10.5 Å². The lowest BCUT2D eigenvalue weighted by atomic mass is 10.1. The van der Waals surface area contributed by atoms with E-state index in [2.05, 4.69) is 15.7 Å². The number of rotatable bonds is 6. The van der Waals surface area contributed by atoms with Crippen LogP contribution in [0.4, 0.5) is 11.4 Å². The average Bonchev–Trinajstić information content (AvgIpc) is 3.24. The Morgan fingerprint density at radius 1 is 1.07 bits per heavy atom. The van der Waals surface area contributed by atoms with Gasteiger partial charge >= 0.3 is 0 Å². The van der Waals surface area contributed by atoms with Crippen molar-refractivity contribution in [1.82, 2.24) is 5.01 Å². The molecular weight excluding hydrogens is 386 g/mol. The molecule has 9 heteroatoms. The zero-order valence-electron chi connectivity index (χ0n) is 16.6. The zero-order valence-corrected chi connectivity index (χ0v) is 16.6. The van der Waals surface area contributed by atoms with Gasteiger partial charge in [-0.15, -0.1) is 0 Å². The van der Waals surface area contributed by atoms with Crippen LogP contribution in [-0.2, 0) is 14.4 Å². The maximum atomic E-state index is 12.9. The van der Waals surface area contributed by atoms with E-state index in [1.807, 2.05) is 26.0 Å². The molecule has 2 heterocycles. The number of carbonyl (C=O) groups is 3. The summed E-state index contributed by atoms with van der Waals surface area (Å²) in [5.41, 5.74) is 2.09. The van der Waals surface area contributed by atoms with Gasteiger partial charge in [-0.1, -0.05) is 22.9 Å². The Morgan fingerprint density at radius 3 is 2.43 bits per heavy atom. The van der Waals surface area contributed by atoms with E-state index in [-0.39, 0.29) is 12.5 Å². The molecule has 0 saturated carbocycles. The SMILES string of the molecule is CCOc1ccc(NC(=O)CN2N=N[C@H]3C(=O)N(c4ccc(C)cc4)C(=O)[C@@H]32)cc1. The standard InChI is InChI=1S/C21H21N5O4/c1-3-30-16-10-6-14(7-11-16)22-17(27)12-25-19-18(23-24-25)20(28)26(21(19)29)15-8-4-13(2)5-9-15/h4-11,18-19H,3,12H2,1-2H3,(H,22,27)/t18-,19-/m1/s1. The first-order valence-electron chi connectivity index (χ1n) is 9.62. The normalized spacial score (nSPS) is 19.9. The van der Waals surface area contributed by atoms with Crippen molar-refractivity contribution in [1.29, 1.82) is 0 Å². The second kappa shape index (κ2) is 7.94. The number of anilines is 2. The maximum Gasteiger partial charge on any atom is 0.263 e. The third-order valence-electron chi connectivity index (χ3n) is 4.90. The second-order valence-electron chi connectivity index (χ2n) is 7.05. The highest BCUT2D eigenvalue weighted by atomic mass is 16.5. The van der Waals surface area contributed by atoms with E-state index in [1.54, 1.807) is 36.4 Å². The van der Waals surface area contributed by atoms with Crippen LogP contribution in [0.3, 0.4) is 0 Å². The molecular formula is C21H21N5O4. The Hall–Kier alpha value is -3.75. The average molecular weight is 407 g/mol. The molecule has 0 radical (unpaired) electrons. The summed E-state index contributed by atoms with van der Waals surface area (Å²) in [7, 11) is 0. The second-order valence-corrected chi connectivity index (χ2v) is 7.05. The summed E-state index contributed by atoms with van der Waals surface area (Å²) < 4.78 is 5.37. The highest BCUT2D eigenvalue weighted by molar-refractivity contribution is 6.25. The molecule has 1 N–H and O–H groups in total. The van der Waals surface area contributed by atoms with Gasteiger partial charge in [-0.3, -0.25) is 19.4 Å². The number of ether oxygens (including phenoxy) is 1. The fraction of sp³-hybridized carbons (Fsp3) is 0.286. The van der Waals surface area contributed by atoms with Crippen LogP contribution in [0, 0.1) is 6.92 Å². The van der Waals surface area contributed by atoms with Gasteiger partial charge in [0.15, 0.2) is 12.1 Å². The van der Waals surface area contributed by atoms with Gasteiger partial charge in [-0.05, 0) is 50.2 Å². The number of carbonyl (C=O) groups excluding carboxylic acids is 3. The molecule has 154 valence electrons. The summed E-state index contributed by atoms with van der Waals surface area (Å²) in [4.78, 5) is 39.2. The smallest absolute Gasteiger partial charge is 0.263 e. The molecule has 2 atom stereocenters. The topological polar surface area (TPSA) is 104 Å². The van der Waals surface area contributed by atoms with E-state index >= 15 is 0 Å². The van der Waals surface area contributed by atoms with E-state index in [1.165, 1.54) is 5.01 Å². The molecule has 2 aromatic carbocycles. The monoisotopic (exact) mass is 407 g/mol. The van der Waals surface area contributed by atoms with Gasteiger partial charge in [0.05, 0.1) is 12.3 Å². The minimum absolute atomic E-state index is 0.196. The molecule has 3 amide bonds. The lowest BCUT2D eigenvalue weighted by Gasteiger charge is -2.20. The number of nitrogens with zero attached hydrogens (tertiary/aromatic N) is 4. The fourth-order valence-electron chi connectivity index (χ4n) is 3.45. The maximum absolute atomic E-state index is 12.9. The lowest BCUT2D eigenvalue weighted by molar-refractivity contribution is -0.123. The number of hydrogen-bond acceptors (Lipinski definition) is 7. The number of nitrogens with one attached hydrogen (secondary N) is 1. The van der Waals surface area contributed by atoms with Crippen LogP contribution < -0.4 is 15.0 Å². The predicted molar refractivity (Wildman–Crippen MR) is 109 cm³/mol. The molecule has 0 aliphatic carbocycles. The predicted octanol–water partition coefficient (Wildman–Crippen LogP) is 2.33. The molecule has 9 nitrogen and oxygen atoms in total. The minimum atomic E-state index is -0.933. The summed E-state index contributed by atoms with van der Waals surface area (Å²) in [6.45, 7) is 4.17. The first-order valence-corrected chi connectivity index (χ1v) is 9.62. The van der Waals surface area contributed by atoms with Crippen molar-refractivity contribution in [3.8, 4) is 5.75 Å². The summed E-state index contributed by atoms with van der Waals surface area (Å²) in [6, 6.07) is 12.2. The Bertz CT molecular complexity index is 1000. The van der Waals surface area contributed by atoms with Gasteiger partial charge < -0.3 is 10.1 Å². The number of benzene rings is 2. The van der Waals surface area contributed by atoms with Gasteiger partial charge in [0.25, 0.3) is 11.8 Å². The van der Waals surface area contributed by atoms with Crippen molar-refractivity contribution in [3.05, 3.63) is 54.1 Å². The largest absolute Gasteiger partial charge is 0.494 e. The Labute approximate surface area is 173 Å². The molecule has 0 aromatic heterocycles. The molecule has 30 heavy (non-hydrogen) atoms. The van der Waals surface area contributed by atoms with Crippen LogP contribution in [0.15, 0.2) is 58.9 Å². The van der Waals surface area contributed by atoms with Gasteiger partial charge in [0.2, 0.25) is 5.91 Å². The molecule has 2 aliphatic rings. The van der Waals surface area contributed by atoms with Crippen LogP contribution in [0.1, 0.15) is 12.5 Å². The van der Waals surface area contributed by atoms with E-state index in [4.69, 9.17) is 4.74 Å². The number of aryl methyl sites for hydroxylation is 1. The van der Waals surface area contributed by atoms with Crippen molar-refractivity contribution in [2.24, 2.45) is 10.3 Å². The van der Waals surface area contributed by atoms with E-state index in [0.29, 0.717) is 23.7 Å². The number of amides is 3. The van der Waals surface area contributed by atoms with Crippen molar-refractivity contribution < 1.29 is 19.1 Å². The Kier molecular flexibility index (Phi) is 5.18. The quantitative estimate of drug-likeness (QED) is 0.740. The zero-order chi connectivity index (χ0) is 21.3. The molecule has 1 saturated heterocycles. The highest BCUT2D eigenvalue weighted by Gasteiger charge is 2.55. The van der Waals surface area contributed by atoms with Crippen molar-refractivity contribution in [3.63, 3.8) is 0 Å². The third kappa shape index (κ3) is 3.61. The Morgan fingerprint density at radius 2 is 1.77 bits per heavy atom. The van der Waals surface area contributed by atoms with E-state index in [9.17, 15) is 14.4 Å². The number of fused-ring (bicyclic) bond motifs is 1. The number of imide groups is 1. The Balaban J connectivity index is 1.43. The summed E-state index contributed by atoms with van der Waals surface area (Å²) in [5.74, 6) is -0.537. The van der Waals surface area contributed by atoms with Crippen LogP contribution in [0.2, 0.25) is 0 Å². The summed E-state index contributed by atoms with van der Waals surface area (Å²) >= 11 is 0. The highest BCUT2D eigenvalue weighted by Crippen LogP contribution is 2.31. The summed E-state index contributed by atoms with van der Waals surface area (Å²) in [5, 5.41) is 11.8. The molecule has 0 spiro atoms. The van der Waals surface area contributed by atoms with Crippen LogP contribution in [0.25, 0.3) is 0 Å². The minimum Gasteiger partial charge on any atom is -0.494 e. The van der Waals surface area contributed by atoms with E-state index < -0.39 is 23.9 Å². The number of hydrogen-bond donors (Lipinski definition) is 1. The first kappa shape index (κ1) is 19.6. The molecule has 4 rings (SSSR count). The van der Waals surface area contributed by atoms with Gasteiger partial charge in [-0.2, -0.15) is 5.11 Å². The molecule has 2 aromatic rings. The fourth-order valence-corrected chi connectivity index (χ4v) is 3.45. The lowest BCUT2D eigenvalue weighted by Crippen LogP contribution is -2.43.